The summed E-state index contributed by atoms with van der Waals surface area (Å²) >= 11 is 1.84. The highest BCUT2D eigenvalue weighted by Crippen LogP contribution is 2.15. The molecule has 0 aliphatic rings. The molecule has 0 atom stereocenters. The Morgan fingerprint density at radius 1 is 1.00 bits per heavy atom. The van der Waals surface area contributed by atoms with Crippen LogP contribution in [0.3, 0.4) is 0 Å². The minimum absolute atomic E-state index is 0. The van der Waals surface area contributed by atoms with E-state index in [4.69, 9.17) is 0 Å². The maximum absolute atomic E-state index is 4.43. The fraction of sp³-hybridized carbons (Fsp3) is 0.238. The number of nitrogens with zero attached hydrogens (tertiary/aromatic N) is 3. The van der Waals surface area contributed by atoms with Crippen molar-refractivity contribution in [1.82, 2.24) is 20.4 Å². The third-order valence-electron chi connectivity index (χ3n) is 3.99. The van der Waals surface area contributed by atoms with Gasteiger partial charge in [0.05, 0.1) is 11.9 Å². The predicted octanol–water partition coefficient (Wildman–Crippen LogP) is 3.99. The van der Waals surface area contributed by atoms with Crippen LogP contribution in [0, 0.1) is 0 Å². The van der Waals surface area contributed by atoms with E-state index in [2.05, 4.69) is 51.2 Å². The Bertz CT molecular complexity index is 836. The fourth-order valence-electron chi connectivity index (χ4n) is 2.61. The molecule has 1 aromatic heterocycles. The molecule has 0 saturated heterocycles. The second kappa shape index (κ2) is 12.5. The lowest BCUT2D eigenvalue weighted by atomic mass is 10.2. The molecule has 0 radical (unpaired) electrons. The normalized spacial score (nSPS) is 11.0. The Balaban J connectivity index is 0.00000280. The lowest BCUT2D eigenvalue weighted by molar-refractivity contribution is 0.811. The van der Waals surface area contributed by atoms with Crippen LogP contribution in [0.15, 0.2) is 82.9 Å². The van der Waals surface area contributed by atoms with E-state index in [0.29, 0.717) is 0 Å². The molecule has 0 unspecified atom stereocenters. The Hall–Kier alpha value is -2.00. The highest BCUT2D eigenvalue weighted by atomic mass is 127. The average molecular weight is 507 g/mol. The molecule has 0 spiro atoms. The van der Waals surface area contributed by atoms with Gasteiger partial charge in [0.1, 0.15) is 0 Å². The van der Waals surface area contributed by atoms with E-state index in [1.807, 2.05) is 59.0 Å². The maximum Gasteiger partial charge on any atom is 0.191 e. The summed E-state index contributed by atoms with van der Waals surface area (Å²) in [5, 5.41) is 11.1. The molecule has 7 heteroatoms. The number of rotatable bonds is 8. The first-order valence-electron chi connectivity index (χ1n) is 9.06. The highest BCUT2D eigenvalue weighted by Gasteiger charge is 2.02. The van der Waals surface area contributed by atoms with Gasteiger partial charge in [-0.25, -0.2) is 4.68 Å². The fourth-order valence-corrected chi connectivity index (χ4v) is 3.40. The number of guanidine groups is 1. The Kier molecular flexibility index (Phi) is 9.92. The number of para-hydroxylation sites is 1. The largest absolute Gasteiger partial charge is 0.356 e. The Morgan fingerprint density at radius 2 is 1.68 bits per heavy atom. The molecule has 0 fully saturated rings. The molecule has 2 aromatic carbocycles. The molecule has 0 saturated carbocycles. The molecule has 3 rings (SSSR count). The summed E-state index contributed by atoms with van der Waals surface area (Å²) in [6.45, 7) is 1.68. The van der Waals surface area contributed by atoms with Crippen molar-refractivity contribution in [3.63, 3.8) is 0 Å². The zero-order valence-electron chi connectivity index (χ0n) is 15.9. The first kappa shape index (κ1) is 22.3. The van der Waals surface area contributed by atoms with Gasteiger partial charge < -0.3 is 10.6 Å². The smallest absolute Gasteiger partial charge is 0.191 e. The summed E-state index contributed by atoms with van der Waals surface area (Å²) in [4.78, 5) is 5.57. The summed E-state index contributed by atoms with van der Waals surface area (Å²) in [6, 6.07) is 20.6. The molecule has 1 heterocycles. The number of hydrogen-bond acceptors (Lipinski definition) is 3. The van der Waals surface area contributed by atoms with Crippen LogP contribution in [0.1, 0.15) is 5.56 Å². The highest BCUT2D eigenvalue weighted by molar-refractivity contribution is 14.0. The minimum Gasteiger partial charge on any atom is -0.356 e. The van der Waals surface area contributed by atoms with Gasteiger partial charge in [0, 0.05) is 37.0 Å². The van der Waals surface area contributed by atoms with Gasteiger partial charge in [-0.15, -0.1) is 35.7 Å². The number of benzene rings is 2. The quantitative estimate of drug-likeness (QED) is 0.159. The standard InChI is InChI=1S/C21H25N5S.HI/c1-22-21(24-14-15-27-20-10-6-3-7-11-20)23-13-12-18-16-25-26(17-18)19-8-4-2-5-9-19;/h2-11,16-17H,12-15H2,1H3,(H2,22,23,24);1H. The van der Waals surface area contributed by atoms with Crippen molar-refractivity contribution in [2.45, 2.75) is 11.3 Å². The first-order valence-corrected chi connectivity index (χ1v) is 10.0. The van der Waals surface area contributed by atoms with Crippen LogP contribution in [-0.2, 0) is 6.42 Å². The molecule has 148 valence electrons. The SMILES string of the molecule is CN=C(NCCSc1ccccc1)NCCc1cnn(-c2ccccc2)c1.I. The number of thioether (sulfide) groups is 1. The van der Waals surface area contributed by atoms with Crippen molar-refractivity contribution in [2.24, 2.45) is 4.99 Å². The van der Waals surface area contributed by atoms with Crippen molar-refractivity contribution in [1.29, 1.82) is 0 Å². The summed E-state index contributed by atoms with van der Waals surface area (Å²) in [6.07, 6.45) is 4.89. The van der Waals surface area contributed by atoms with Crippen LogP contribution >= 0.6 is 35.7 Å². The summed E-state index contributed by atoms with van der Waals surface area (Å²) in [7, 11) is 1.80. The van der Waals surface area contributed by atoms with E-state index >= 15 is 0 Å². The maximum atomic E-state index is 4.43. The van der Waals surface area contributed by atoms with E-state index in [0.717, 1.165) is 36.9 Å². The topological polar surface area (TPSA) is 54.2 Å². The van der Waals surface area contributed by atoms with E-state index in [-0.39, 0.29) is 24.0 Å². The van der Waals surface area contributed by atoms with Crippen LogP contribution in [0.25, 0.3) is 5.69 Å². The third kappa shape index (κ3) is 7.20. The minimum atomic E-state index is 0. The van der Waals surface area contributed by atoms with Crippen LogP contribution in [-0.4, -0.2) is 41.6 Å². The molecule has 0 amide bonds. The summed E-state index contributed by atoms with van der Waals surface area (Å²) in [5.74, 6) is 1.83. The number of halogens is 1. The predicted molar refractivity (Wildman–Crippen MR) is 129 cm³/mol. The molecule has 5 nitrogen and oxygen atoms in total. The second-order valence-corrected chi connectivity index (χ2v) is 7.13. The Labute approximate surface area is 188 Å². The van der Waals surface area contributed by atoms with Gasteiger partial charge in [0.15, 0.2) is 5.96 Å². The first-order chi connectivity index (χ1) is 13.3. The van der Waals surface area contributed by atoms with Crippen LogP contribution in [0.5, 0.6) is 0 Å². The average Bonchev–Trinajstić information content (AvgIpc) is 3.20. The van der Waals surface area contributed by atoms with Gasteiger partial charge in [-0.05, 0) is 36.2 Å². The van der Waals surface area contributed by atoms with Gasteiger partial charge >= 0.3 is 0 Å². The molecule has 0 aliphatic carbocycles. The van der Waals surface area contributed by atoms with Crippen LogP contribution < -0.4 is 10.6 Å². The van der Waals surface area contributed by atoms with Crippen LogP contribution in [0.4, 0.5) is 0 Å². The summed E-state index contributed by atoms with van der Waals surface area (Å²) in [5.41, 5.74) is 2.27. The van der Waals surface area contributed by atoms with Crippen molar-refractivity contribution in [3.05, 3.63) is 78.6 Å². The Morgan fingerprint density at radius 3 is 2.39 bits per heavy atom. The van der Waals surface area contributed by atoms with Crippen molar-refractivity contribution < 1.29 is 0 Å². The molecule has 0 bridgehead atoms. The number of hydrogen-bond donors (Lipinski definition) is 2. The van der Waals surface area contributed by atoms with E-state index in [9.17, 15) is 0 Å². The lowest BCUT2D eigenvalue weighted by Crippen LogP contribution is -2.39. The van der Waals surface area contributed by atoms with E-state index < -0.39 is 0 Å². The molecule has 0 aliphatic heterocycles. The third-order valence-corrected chi connectivity index (χ3v) is 5.01. The summed E-state index contributed by atoms with van der Waals surface area (Å²) < 4.78 is 1.91. The number of aromatic nitrogens is 2. The van der Waals surface area contributed by atoms with Crippen molar-refractivity contribution in [3.8, 4) is 5.69 Å². The van der Waals surface area contributed by atoms with Crippen molar-refractivity contribution >= 4 is 41.7 Å². The molecule has 2 N–H and O–H groups in total. The zero-order valence-corrected chi connectivity index (χ0v) is 19.1. The molecule has 28 heavy (non-hydrogen) atoms. The number of nitrogens with one attached hydrogen (secondary N) is 2. The zero-order chi connectivity index (χ0) is 18.7. The van der Waals surface area contributed by atoms with Gasteiger partial charge in [0.2, 0.25) is 0 Å². The molecule has 3 aromatic rings. The van der Waals surface area contributed by atoms with Gasteiger partial charge in [-0.1, -0.05) is 36.4 Å². The van der Waals surface area contributed by atoms with E-state index in [1.165, 1.54) is 10.5 Å². The van der Waals surface area contributed by atoms with Gasteiger partial charge in [0.25, 0.3) is 0 Å². The van der Waals surface area contributed by atoms with Crippen molar-refractivity contribution in [2.75, 3.05) is 25.9 Å². The number of aliphatic imine (C=N–C) groups is 1. The van der Waals surface area contributed by atoms with Gasteiger partial charge in [-0.2, -0.15) is 5.10 Å². The monoisotopic (exact) mass is 507 g/mol. The lowest BCUT2D eigenvalue weighted by Gasteiger charge is -2.11. The van der Waals surface area contributed by atoms with Gasteiger partial charge in [-0.3, -0.25) is 4.99 Å². The molecular weight excluding hydrogens is 481 g/mol. The molecular formula is C21H26IN5S. The van der Waals surface area contributed by atoms with E-state index in [1.54, 1.807) is 7.05 Å². The second-order valence-electron chi connectivity index (χ2n) is 5.97. The van der Waals surface area contributed by atoms with Crippen LogP contribution in [0.2, 0.25) is 0 Å².